The van der Waals surface area contributed by atoms with Crippen LogP contribution in [-0.2, 0) is 14.8 Å². The second kappa shape index (κ2) is 5.91. The van der Waals surface area contributed by atoms with Gasteiger partial charge in [-0.2, -0.15) is 0 Å². The molecule has 0 atom stereocenters. The first-order chi connectivity index (χ1) is 10.9. The summed E-state index contributed by atoms with van der Waals surface area (Å²) in [7, 11) is -3.75. The van der Waals surface area contributed by atoms with Crippen molar-refractivity contribution in [1.29, 1.82) is 0 Å². The summed E-state index contributed by atoms with van der Waals surface area (Å²) in [5.41, 5.74) is 0.162. The molecule has 3 rings (SSSR count). The number of sulfonamides is 1. The van der Waals surface area contributed by atoms with Gasteiger partial charge in [0.15, 0.2) is 5.13 Å². The highest BCUT2D eigenvalue weighted by atomic mass is 35.5. The minimum atomic E-state index is -3.75. The van der Waals surface area contributed by atoms with Gasteiger partial charge in [0.2, 0.25) is 15.9 Å². The Bertz CT molecular complexity index is 881. The highest BCUT2D eigenvalue weighted by Crippen LogP contribution is 2.33. The average molecular weight is 372 g/mol. The van der Waals surface area contributed by atoms with Crippen LogP contribution in [0.3, 0.4) is 0 Å². The van der Waals surface area contributed by atoms with Crippen molar-refractivity contribution in [3.8, 4) is 0 Å². The number of thiazole rings is 1. The number of aromatic nitrogens is 1. The van der Waals surface area contributed by atoms with E-state index in [9.17, 15) is 18.0 Å². The molecule has 7 nitrogen and oxygen atoms in total. The molecule has 120 valence electrons. The van der Waals surface area contributed by atoms with Crippen LogP contribution in [0.1, 0.15) is 16.8 Å². The Kier molecular flexibility index (Phi) is 4.09. The van der Waals surface area contributed by atoms with Gasteiger partial charge in [-0.1, -0.05) is 11.6 Å². The van der Waals surface area contributed by atoms with Crippen LogP contribution in [0.25, 0.3) is 0 Å². The van der Waals surface area contributed by atoms with Gasteiger partial charge in [0.1, 0.15) is 0 Å². The van der Waals surface area contributed by atoms with E-state index in [0.717, 1.165) is 0 Å². The molecule has 2 amide bonds. The van der Waals surface area contributed by atoms with E-state index in [2.05, 4.69) is 10.3 Å². The van der Waals surface area contributed by atoms with Gasteiger partial charge in [-0.3, -0.25) is 14.9 Å². The third-order valence-electron chi connectivity index (χ3n) is 3.16. The zero-order valence-electron chi connectivity index (χ0n) is 11.5. The third kappa shape index (κ3) is 3.07. The smallest absolute Gasteiger partial charge is 0.257 e. The number of halogens is 1. The zero-order valence-corrected chi connectivity index (χ0v) is 13.9. The molecule has 0 aliphatic carbocycles. The molecule has 0 saturated carbocycles. The van der Waals surface area contributed by atoms with Gasteiger partial charge in [-0.25, -0.2) is 17.7 Å². The van der Waals surface area contributed by atoms with Gasteiger partial charge >= 0.3 is 0 Å². The molecule has 23 heavy (non-hydrogen) atoms. The number of carbonyl (C=O) groups is 2. The molecule has 1 fully saturated rings. The molecule has 1 aliphatic rings. The number of nitrogens with zero attached hydrogens (tertiary/aromatic N) is 2. The van der Waals surface area contributed by atoms with Gasteiger partial charge < -0.3 is 0 Å². The lowest BCUT2D eigenvalue weighted by Gasteiger charge is -2.17. The molecule has 0 unspecified atom stereocenters. The number of anilines is 2. The highest BCUT2D eigenvalue weighted by molar-refractivity contribution is 7.94. The van der Waals surface area contributed by atoms with Gasteiger partial charge in [0, 0.05) is 23.6 Å². The Morgan fingerprint density at radius 1 is 1.39 bits per heavy atom. The first-order valence-corrected chi connectivity index (χ1v) is 9.31. The van der Waals surface area contributed by atoms with Crippen LogP contribution >= 0.6 is 22.9 Å². The van der Waals surface area contributed by atoms with Crippen LogP contribution in [0.5, 0.6) is 0 Å². The van der Waals surface area contributed by atoms with Crippen molar-refractivity contribution in [3.63, 3.8) is 0 Å². The van der Waals surface area contributed by atoms with E-state index in [-0.39, 0.29) is 28.4 Å². The predicted molar refractivity (Wildman–Crippen MR) is 87.4 cm³/mol. The van der Waals surface area contributed by atoms with Crippen LogP contribution in [0.2, 0.25) is 5.02 Å². The molecule has 10 heteroatoms. The second-order valence-electron chi connectivity index (χ2n) is 4.68. The lowest BCUT2D eigenvalue weighted by molar-refractivity contribution is -0.116. The summed E-state index contributed by atoms with van der Waals surface area (Å²) in [6, 6.07) is 4.11. The fraction of sp³-hybridized carbons (Fsp3) is 0.154. The molecule has 1 N–H and O–H groups in total. The Balaban J connectivity index is 1.96. The van der Waals surface area contributed by atoms with E-state index >= 15 is 0 Å². The average Bonchev–Trinajstić information content (AvgIpc) is 3.08. The van der Waals surface area contributed by atoms with Crippen molar-refractivity contribution in [2.45, 2.75) is 6.42 Å². The van der Waals surface area contributed by atoms with Crippen LogP contribution < -0.4 is 9.62 Å². The number of nitrogens with one attached hydrogen (secondary N) is 1. The molecule has 1 aliphatic heterocycles. The molecule has 2 aromatic rings. The summed E-state index contributed by atoms with van der Waals surface area (Å²) < 4.78 is 24.7. The predicted octanol–water partition coefficient (Wildman–Crippen LogP) is 2.12. The van der Waals surface area contributed by atoms with E-state index in [1.165, 1.54) is 29.5 Å². The number of amides is 2. The van der Waals surface area contributed by atoms with Crippen molar-refractivity contribution < 1.29 is 18.0 Å². The molecule has 0 bridgehead atoms. The van der Waals surface area contributed by atoms with E-state index < -0.39 is 21.8 Å². The maximum absolute atomic E-state index is 12.2. The Morgan fingerprint density at radius 2 is 2.17 bits per heavy atom. The molecule has 0 spiro atoms. The van der Waals surface area contributed by atoms with Crippen LogP contribution in [0.4, 0.5) is 10.8 Å². The van der Waals surface area contributed by atoms with E-state index in [0.29, 0.717) is 9.44 Å². The maximum atomic E-state index is 12.2. The normalized spacial score (nSPS) is 16.6. The molecular formula is C13H10ClN3O4S2. The van der Waals surface area contributed by atoms with Gasteiger partial charge in [0.25, 0.3) is 5.91 Å². The van der Waals surface area contributed by atoms with Gasteiger partial charge in [-0.05, 0) is 18.2 Å². The van der Waals surface area contributed by atoms with Crippen LogP contribution in [-0.4, -0.2) is 31.0 Å². The lowest BCUT2D eigenvalue weighted by Crippen LogP contribution is -2.29. The number of hydrogen-bond donors (Lipinski definition) is 1. The standard InChI is InChI=1S/C13H10ClN3O4S2/c14-9-2-1-8(12(19)16-13-15-4-5-22-13)7-10(9)17-11(18)3-6-23(17,20)21/h1-2,4-5,7H,3,6H2,(H,15,16,19). The Labute approximate surface area is 140 Å². The number of benzene rings is 1. The second-order valence-corrected chi connectivity index (χ2v) is 7.92. The molecular weight excluding hydrogens is 362 g/mol. The summed E-state index contributed by atoms with van der Waals surface area (Å²) in [5, 5.41) is 4.78. The largest absolute Gasteiger partial charge is 0.298 e. The highest BCUT2D eigenvalue weighted by Gasteiger charge is 2.37. The first kappa shape index (κ1) is 15.9. The topological polar surface area (TPSA) is 96.4 Å². The van der Waals surface area contributed by atoms with E-state index in [1.807, 2.05) is 0 Å². The summed E-state index contributed by atoms with van der Waals surface area (Å²) in [6.07, 6.45) is 1.44. The maximum Gasteiger partial charge on any atom is 0.257 e. The summed E-state index contributed by atoms with van der Waals surface area (Å²) in [4.78, 5) is 28.0. The molecule has 1 aromatic carbocycles. The minimum Gasteiger partial charge on any atom is -0.298 e. The van der Waals surface area contributed by atoms with Crippen LogP contribution in [0, 0.1) is 0 Å². The Morgan fingerprint density at radius 3 is 2.78 bits per heavy atom. The monoisotopic (exact) mass is 371 g/mol. The first-order valence-electron chi connectivity index (χ1n) is 6.45. The van der Waals surface area contributed by atoms with Crippen molar-refractivity contribution in [2.24, 2.45) is 0 Å². The SMILES string of the molecule is O=C(Nc1nccs1)c1ccc(Cl)c(N2C(=O)CCS2(=O)=O)c1. The van der Waals surface area contributed by atoms with Crippen LogP contribution in [0.15, 0.2) is 29.8 Å². The molecule has 1 aromatic heterocycles. The quantitative estimate of drug-likeness (QED) is 0.891. The summed E-state index contributed by atoms with van der Waals surface area (Å²) >= 11 is 7.27. The Hall–Kier alpha value is -1.97. The molecule has 1 saturated heterocycles. The number of carbonyl (C=O) groups excluding carboxylic acids is 2. The fourth-order valence-electron chi connectivity index (χ4n) is 2.11. The fourth-order valence-corrected chi connectivity index (χ4v) is 4.36. The van der Waals surface area contributed by atoms with Crippen molar-refractivity contribution >= 4 is 55.6 Å². The minimum absolute atomic E-state index is 0.0130. The lowest BCUT2D eigenvalue weighted by atomic mass is 10.2. The van der Waals surface area contributed by atoms with Crippen molar-refractivity contribution in [3.05, 3.63) is 40.4 Å². The van der Waals surface area contributed by atoms with E-state index in [1.54, 1.807) is 11.6 Å². The summed E-state index contributed by atoms with van der Waals surface area (Å²) in [5.74, 6) is -1.30. The number of hydrogen-bond acceptors (Lipinski definition) is 6. The van der Waals surface area contributed by atoms with E-state index in [4.69, 9.17) is 11.6 Å². The number of rotatable bonds is 3. The van der Waals surface area contributed by atoms with Crippen molar-refractivity contribution in [2.75, 3.05) is 15.4 Å². The third-order valence-corrected chi connectivity index (χ3v) is 5.84. The molecule has 2 heterocycles. The zero-order chi connectivity index (χ0) is 16.6. The van der Waals surface area contributed by atoms with Gasteiger partial charge in [0.05, 0.1) is 16.5 Å². The van der Waals surface area contributed by atoms with Crippen molar-refractivity contribution in [1.82, 2.24) is 4.98 Å². The molecule has 0 radical (unpaired) electrons. The summed E-state index contributed by atoms with van der Waals surface area (Å²) in [6.45, 7) is 0. The van der Waals surface area contributed by atoms with Gasteiger partial charge in [-0.15, -0.1) is 11.3 Å².